The Hall–Kier alpha value is -10.8. The fourth-order valence-electron chi connectivity index (χ4n) is 17.8. The molecule has 0 bridgehead atoms. The summed E-state index contributed by atoms with van der Waals surface area (Å²) in [6.07, 6.45) is 9.69. The Balaban J connectivity index is 0.000000174. The molecule has 6 atom stereocenters. The van der Waals surface area contributed by atoms with Crippen molar-refractivity contribution in [2.24, 2.45) is 0 Å². The van der Waals surface area contributed by atoms with Gasteiger partial charge in [-0.3, -0.25) is 4.79 Å². The number of aromatic nitrogens is 15. The molecule has 3 saturated heterocycles. The first kappa shape index (κ1) is 107. The van der Waals surface area contributed by atoms with Crippen molar-refractivity contribution in [3.63, 3.8) is 0 Å². The number of hydrogen-bond donors (Lipinski definition) is 0. The standard InChI is InChI=1S/C35H41ClFN7O3.C33H35ClFN7O2.C32H36BrClFN7O3.C3H5.BrH.Zn/c1-18(2)27-29(21(5)38-30(39-27)22-13-14-22)44-32-24(15-25(36)28(40-32)23-11-9-10-12-26(23)37)31(41-33(44)45)42-16-20(4)43(17-19(42)3)34(46)47-35(6,7)8;1-7-26(43)40-15-19(5)41(16-18(40)4)31-23-14-24(34)28(22-10-8-9-11-25(22)35)38-32(23)42(33(44)39-31)29-20(6)36-30(21-12-13-21)37-27(29)17(2)3;1-16(2)24-26(19(5)36-29(33)38-24)42-28-21(13-22(34)25(37-28)20-11-9-10-12-23(20)35)27(39-30(42)43)40-14-18(4)41(15-17(40)3)31(44)45-32(6,7)8;1-2-3-1;;/h9-12,15,18-20,22H,13-14,16-17H2,1-8H3;7-11,14,17-19,21H,1,12-13,15-16H2,2-6H3;9-13,16-18H,14-15H2,1-8H3;1H,2-3H2;1H;/q;;;-1;;/t19-,20+;18-,19+;17-,18+;;;/m010.../s1. The number of ether oxygens (including phenoxy) is 2. The molecule has 0 N–H and O–H groups in total. The molecule has 18 rings (SSSR count). The molecule has 12 heterocycles. The second-order valence-corrected chi connectivity index (χ2v) is 41.6. The minimum absolute atomic E-state index is 0. The maximum Gasteiger partial charge on any atom is 0.410 e. The number of carbonyl (C=O) groups excluding carboxylic acids is 3. The van der Waals surface area contributed by atoms with E-state index in [1.165, 1.54) is 50.8 Å². The molecule has 141 heavy (non-hydrogen) atoms. The second-order valence-electron chi connectivity index (χ2n) is 39.7. The summed E-state index contributed by atoms with van der Waals surface area (Å²) in [5, 5.41) is 2.16. The minimum Gasteiger partial charge on any atom is -0.444 e. The van der Waals surface area contributed by atoms with Crippen LogP contribution >= 0.6 is 67.7 Å². The van der Waals surface area contributed by atoms with Gasteiger partial charge in [0.05, 0.1) is 99.5 Å². The van der Waals surface area contributed by atoms with E-state index in [0.717, 1.165) is 48.7 Å². The van der Waals surface area contributed by atoms with E-state index in [1.54, 1.807) is 94.4 Å². The summed E-state index contributed by atoms with van der Waals surface area (Å²) < 4.78 is 61.3. The SMILES string of the molecule is Br.C=CC(=O)N1C[C@H](C)N(c2nc(=O)n(-c3c(C)nc(C4CC4)nc3C(C)C)c3nc(-c4ccccc4F)c(Cl)cc23)C[C@H]1C.Cc1nc(Br)nc(C(C)C)c1-n1c(=O)nc(N2C[C@@H](C)N(C(=O)OC(C)(C)C)C[C@@H]2C)c2cc(Cl)c(-c3ccccc3F)nc21.Cc1nc(C2CC2)nc(C(C)C)c1-n1c(=O)nc(N2C[C@@H](C)N(C(=O)OC(C)(C)C)C[C@@H]2C)c2cc(Cl)c(-c3ccccc3F)nc21.[CH-]1CC1.[Zn]. The zero-order valence-corrected chi connectivity index (χ0v) is 91.8. The molecule has 12 aromatic rings. The van der Waals surface area contributed by atoms with Crippen molar-refractivity contribution in [3.8, 4) is 50.8 Å². The first-order chi connectivity index (χ1) is 65.7. The second kappa shape index (κ2) is 43.4. The molecule has 3 aliphatic heterocycles. The predicted octanol–water partition coefficient (Wildman–Crippen LogP) is 21.7. The summed E-state index contributed by atoms with van der Waals surface area (Å²) in [7, 11) is 0. The number of anilines is 3. The van der Waals surface area contributed by atoms with Gasteiger partial charge in [0, 0.05) is 124 Å². The number of nitrogens with zero attached hydrogens (tertiary/aromatic N) is 21. The number of hydrogen-bond acceptors (Lipinski definition) is 23. The van der Waals surface area contributed by atoms with Crippen LogP contribution < -0.4 is 31.8 Å². The van der Waals surface area contributed by atoms with E-state index in [4.69, 9.17) is 79.2 Å². The predicted molar refractivity (Wildman–Crippen MR) is 552 cm³/mol. The zero-order valence-electron chi connectivity index (χ0n) is 83.3. The quantitative estimate of drug-likeness (QED) is 0.0398. The number of rotatable bonds is 15. The molecular weight excluding hydrogens is 2050 g/mol. The molecular formula is C103H118Br2Cl3F3N21O8Zn-. The van der Waals surface area contributed by atoms with Gasteiger partial charge in [0.25, 0.3) is 0 Å². The van der Waals surface area contributed by atoms with Crippen LogP contribution in [0.5, 0.6) is 0 Å². The summed E-state index contributed by atoms with van der Waals surface area (Å²) in [5.74, 6) is 1.61. The Labute approximate surface area is 865 Å². The van der Waals surface area contributed by atoms with Gasteiger partial charge in [0.2, 0.25) is 5.91 Å². The van der Waals surface area contributed by atoms with Crippen molar-refractivity contribution < 1.29 is 56.5 Å². The van der Waals surface area contributed by atoms with E-state index in [0.29, 0.717) is 129 Å². The molecule has 3 amide bonds. The molecule has 38 heteroatoms. The first-order valence-corrected chi connectivity index (χ1v) is 49.1. The van der Waals surface area contributed by atoms with Crippen molar-refractivity contribution in [3.05, 3.63) is 225 Å². The minimum atomic E-state index is -0.637. The average Bonchev–Trinajstić information content (AvgIpc) is 1.30. The van der Waals surface area contributed by atoms with Crippen molar-refractivity contribution in [1.82, 2.24) is 88.2 Å². The van der Waals surface area contributed by atoms with Crippen LogP contribution in [0, 0.1) is 44.6 Å². The Kier molecular flexibility index (Phi) is 33.1. The van der Waals surface area contributed by atoms with Gasteiger partial charge in [-0.15, -0.1) is 17.0 Å². The van der Waals surface area contributed by atoms with E-state index in [9.17, 15) is 28.8 Å². The van der Waals surface area contributed by atoms with Crippen LogP contribution in [0.15, 0.2) is 123 Å². The molecule has 9 aromatic heterocycles. The number of piperazine rings is 3. The van der Waals surface area contributed by atoms with E-state index < -0.39 is 57.9 Å². The number of amides is 3. The van der Waals surface area contributed by atoms with E-state index in [-0.39, 0.29) is 162 Å². The van der Waals surface area contributed by atoms with Gasteiger partial charge in [-0.1, -0.05) is 119 Å². The molecule has 6 fully saturated rings. The van der Waals surface area contributed by atoms with Crippen molar-refractivity contribution in [2.75, 3.05) is 54.0 Å². The molecule has 3 aromatic carbocycles. The number of pyridine rings is 3. The normalized spacial score (nSPS) is 18.1. The maximum absolute atomic E-state index is 15.1. The van der Waals surface area contributed by atoms with Crippen LogP contribution in [-0.2, 0) is 33.7 Å². The number of carbonyl (C=O) groups is 3. The van der Waals surface area contributed by atoms with Gasteiger partial charge < -0.3 is 45.3 Å². The van der Waals surface area contributed by atoms with Crippen LogP contribution in [0.3, 0.4) is 0 Å². The summed E-state index contributed by atoms with van der Waals surface area (Å²) >= 11 is 23.9. The maximum atomic E-state index is 15.1. The fraction of sp³-hybridized carbons (Fsp3) is 0.447. The molecule has 6 aliphatic rings. The van der Waals surface area contributed by atoms with Crippen LogP contribution in [-0.4, -0.2) is 193 Å². The molecule has 0 spiro atoms. The van der Waals surface area contributed by atoms with Crippen molar-refractivity contribution in [1.29, 1.82) is 0 Å². The summed E-state index contributed by atoms with van der Waals surface area (Å²) in [6.45, 7) is 46.2. The number of halogens is 8. The van der Waals surface area contributed by atoms with Crippen LogP contribution in [0.2, 0.25) is 15.1 Å². The Morgan fingerprint density at radius 1 is 0.440 bits per heavy atom. The average molecular weight is 2170 g/mol. The topological polar surface area (TPSA) is 310 Å². The number of fused-ring (bicyclic) bond motifs is 3. The third-order valence-corrected chi connectivity index (χ3v) is 26.2. The summed E-state index contributed by atoms with van der Waals surface area (Å²) in [4.78, 5) is 150. The molecule has 3 aliphatic carbocycles. The number of benzene rings is 3. The van der Waals surface area contributed by atoms with Gasteiger partial charge in [-0.2, -0.15) is 15.0 Å². The molecule has 3 saturated carbocycles. The van der Waals surface area contributed by atoms with E-state index in [1.807, 2.05) is 153 Å². The first-order valence-electron chi connectivity index (χ1n) is 47.2. The van der Waals surface area contributed by atoms with E-state index >= 15 is 13.2 Å². The molecule has 0 radical (unpaired) electrons. The molecule has 0 unspecified atom stereocenters. The van der Waals surface area contributed by atoms with Crippen molar-refractivity contribution in [2.45, 2.75) is 261 Å². The van der Waals surface area contributed by atoms with Gasteiger partial charge in [0.15, 0.2) is 21.7 Å². The number of aryl methyl sites for hydroxylation is 3. The Bertz CT molecular complexity index is 7030. The van der Waals surface area contributed by atoms with Crippen molar-refractivity contribution >= 4 is 136 Å². The van der Waals surface area contributed by atoms with Crippen LogP contribution in [0.4, 0.5) is 40.2 Å². The largest absolute Gasteiger partial charge is 0.444 e. The molecule has 742 valence electrons. The van der Waals surface area contributed by atoms with Crippen LogP contribution in [0.25, 0.3) is 83.9 Å². The van der Waals surface area contributed by atoms with Gasteiger partial charge in [-0.05, 0) is 224 Å². The van der Waals surface area contributed by atoms with E-state index in [2.05, 4.69) is 53.8 Å². The smallest absolute Gasteiger partial charge is 0.410 e. The van der Waals surface area contributed by atoms with Gasteiger partial charge in [-0.25, -0.2) is 109 Å². The third kappa shape index (κ3) is 23.0. The van der Waals surface area contributed by atoms with Crippen LogP contribution in [0.1, 0.15) is 239 Å². The fourth-order valence-corrected chi connectivity index (χ4v) is 19.0. The summed E-state index contributed by atoms with van der Waals surface area (Å²) in [5.41, 5.74) is 4.39. The zero-order chi connectivity index (χ0) is 100. The van der Waals surface area contributed by atoms with Gasteiger partial charge in [0.1, 0.15) is 57.8 Å². The van der Waals surface area contributed by atoms with Gasteiger partial charge >= 0.3 is 29.3 Å². The Morgan fingerprint density at radius 2 is 0.723 bits per heavy atom. The summed E-state index contributed by atoms with van der Waals surface area (Å²) in [6, 6.07) is 22.5. The monoisotopic (exact) mass is 2160 g/mol. The molecule has 29 nitrogen and oxygen atoms in total. The third-order valence-electron chi connectivity index (χ3n) is 25.0. The Morgan fingerprint density at radius 3 is 1.00 bits per heavy atom.